The van der Waals surface area contributed by atoms with Crippen molar-refractivity contribution in [3.05, 3.63) is 29.8 Å². The third-order valence-electron chi connectivity index (χ3n) is 2.95. The third kappa shape index (κ3) is 4.91. The number of hydrogen-bond acceptors (Lipinski definition) is 3. The molecule has 0 heterocycles. The molecule has 0 spiro atoms. The van der Waals surface area contributed by atoms with Gasteiger partial charge in [-0.1, -0.05) is 13.8 Å². The second-order valence-electron chi connectivity index (χ2n) is 5.07. The summed E-state index contributed by atoms with van der Waals surface area (Å²) >= 11 is 0. The first kappa shape index (κ1) is 16.7. The van der Waals surface area contributed by atoms with E-state index in [4.69, 9.17) is 0 Å². The summed E-state index contributed by atoms with van der Waals surface area (Å²) in [6.07, 6.45) is 0. The zero-order chi connectivity index (χ0) is 16.0. The highest BCUT2D eigenvalue weighted by Gasteiger charge is 2.22. The summed E-state index contributed by atoms with van der Waals surface area (Å²) in [7, 11) is 1.55. The van der Waals surface area contributed by atoms with Crippen LogP contribution in [0.25, 0.3) is 0 Å². The van der Waals surface area contributed by atoms with Crippen LogP contribution in [0.1, 0.15) is 31.1 Å². The van der Waals surface area contributed by atoms with Crippen molar-refractivity contribution in [2.75, 3.05) is 12.4 Å². The molecule has 0 radical (unpaired) electrons. The predicted molar refractivity (Wildman–Crippen MR) is 80.9 cm³/mol. The summed E-state index contributed by atoms with van der Waals surface area (Å²) in [5.74, 6) is -0.753. The van der Waals surface area contributed by atoms with Gasteiger partial charge in [-0.3, -0.25) is 14.4 Å². The minimum Gasteiger partial charge on any atom is -0.355 e. The van der Waals surface area contributed by atoms with Crippen LogP contribution in [0.15, 0.2) is 24.3 Å². The zero-order valence-corrected chi connectivity index (χ0v) is 12.7. The van der Waals surface area contributed by atoms with Gasteiger partial charge in [-0.2, -0.15) is 0 Å². The maximum atomic E-state index is 12.2. The van der Waals surface area contributed by atoms with E-state index in [9.17, 15) is 14.4 Å². The Morgan fingerprint density at radius 3 is 2.05 bits per heavy atom. The highest BCUT2D eigenvalue weighted by atomic mass is 16.2. The Balaban J connectivity index is 2.77. The van der Waals surface area contributed by atoms with Crippen LogP contribution in [0, 0.1) is 5.92 Å². The fourth-order valence-corrected chi connectivity index (χ4v) is 1.82. The SMILES string of the molecule is CNC(=O)c1ccc(NC(=O)[C@@H](NC(C)=O)C(C)C)cc1. The maximum absolute atomic E-state index is 12.2. The van der Waals surface area contributed by atoms with Gasteiger partial charge in [0.05, 0.1) is 0 Å². The van der Waals surface area contributed by atoms with E-state index in [2.05, 4.69) is 16.0 Å². The van der Waals surface area contributed by atoms with E-state index in [0.717, 1.165) is 0 Å². The Labute approximate surface area is 124 Å². The molecule has 1 atom stereocenters. The van der Waals surface area contributed by atoms with Gasteiger partial charge < -0.3 is 16.0 Å². The number of carbonyl (C=O) groups excluding carboxylic acids is 3. The van der Waals surface area contributed by atoms with Crippen LogP contribution in [0.3, 0.4) is 0 Å². The van der Waals surface area contributed by atoms with Gasteiger partial charge in [0.1, 0.15) is 6.04 Å². The molecule has 6 nitrogen and oxygen atoms in total. The first-order valence-corrected chi connectivity index (χ1v) is 6.75. The molecule has 0 saturated carbocycles. The molecule has 114 valence electrons. The summed E-state index contributed by atoms with van der Waals surface area (Å²) in [6, 6.07) is 5.94. The van der Waals surface area contributed by atoms with E-state index >= 15 is 0 Å². The lowest BCUT2D eigenvalue weighted by Gasteiger charge is -2.21. The highest BCUT2D eigenvalue weighted by molar-refractivity contribution is 5.98. The van der Waals surface area contributed by atoms with E-state index in [1.54, 1.807) is 31.3 Å². The molecule has 0 aliphatic rings. The van der Waals surface area contributed by atoms with Gasteiger partial charge in [0.25, 0.3) is 5.91 Å². The smallest absolute Gasteiger partial charge is 0.251 e. The first-order valence-electron chi connectivity index (χ1n) is 6.75. The van der Waals surface area contributed by atoms with E-state index in [0.29, 0.717) is 11.3 Å². The van der Waals surface area contributed by atoms with Crippen LogP contribution in [0.2, 0.25) is 0 Å². The Bertz CT molecular complexity index is 523. The van der Waals surface area contributed by atoms with Gasteiger partial charge in [-0.05, 0) is 30.2 Å². The van der Waals surface area contributed by atoms with E-state index < -0.39 is 6.04 Å². The summed E-state index contributed by atoms with van der Waals surface area (Å²) in [5, 5.41) is 7.87. The fraction of sp³-hybridized carbons (Fsp3) is 0.400. The Morgan fingerprint density at radius 1 is 1.05 bits per heavy atom. The molecule has 1 aromatic rings. The molecule has 0 bridgehead atoms. The Morgan fingerprint density at radius 2 is 1.62 bits per heavy atom. The number of carbonyl (C=O) groups is 3. The molecular weight excluding hydrogens is 270 g/mol. The number of hydrogen-bond donors (Lipinski definition) is 3. The fourth-order valence-electron chi connectivity index (χ4n) is 1.82. The number of amides is 3. The van der Waals surface area contributed by atoms with Crippen LogP contribution in [-0.2, 0) is 9.59 Å². The zero-order valence-electron chi connectivity index (χ0n) is 12.7. The lowest BCUT2D eigenvalue weighted by Crippen LogP contribution is -2.46. The average molecular weight is 291 g/mol. The van der Waals surface area contributed by atoms with Crippen LogP contribution in [-0.4, -0.2) is 30.8 Å². The van der Waals surface area contributed by atoms with Crippen molar-refractivity contribution in [1.29, 1.82) is 0 Å². The van der Waals surface area contributed by atoms with Crippen molar-refractivity contribution in [2.45, 2.75) is 26.8 Å². The minimum atomic E-state index is -0.596. The van der Waals surface area contributed by atoms with Gasteiger partial charge in [-0.15, -0.1) is 0 Å². The Hall–Kier alpha value is -2.37. The standard InChI is InChI=1S/C15H21N3O3/c1-9(2)13(17-10(3)19)15(21)18-12-7-5-11(6-8-12)14(20)16-4/h5-9,13H,1-4H3,(H,16,20)(H,17,19)(H,18,21)/t13-/m0/s1. The lowest BCUT2D eigenvalue weighted by molar-refractivity contribution is -0.126. The number of anilines is 1. The summed E-state index contributed by atoms with van der Waals surface area (Å²) in [6.45, 7) is 5.09. The highest BCUT2D eigenvalue weighted by Crippen LogP contribution is 2.12. The van der Waals surface area contributed by atoms with Gasteiger partial charge >= 0.3 is 0 Å². The minimum absolute atomic E-state index is 0.0287. The molecule has 0 aliphatic carbocycles. The number of rotatable bonds is 5. The van der Waals surface area contributed by atoms with Crippen LogP contribution in [0.5, 0.6) is 0 Å². The molecule has 3 amide bonds. The molecule has 6 heteroatoms. The molecule has 1 rings (SSSR count). The van der Waals surface area contributed by atoms with E-state index in [1.165, 1.54) is 6.92 Å². The molecule has 1 aromatic carbocycles. The molecule has 3 N–H and O–H groups in total. The second-order valence-corrected chi connectivity index (χ2v) is 5.07. The monoisotopic (exact) mass is 291 g/mol. The predicted octanol–water partition coefficient (Wildman–Crippen LogP) is 1.15. The van der Waals surface area contributed by atoms with Gasteiger partial charge in [0, 0.05) is 25.2 Å². The average Bonchev–Trinajstić information content (AvgIpc) is 2.44. The van der Waals surface area contributed by atoms with Gasteiger partial charge in [0.15, 0.2) is 0 Å². The van der Waals surface area contributed by atoms with Gasteiger partial charge in [-0.25, -0.2) is 0 Å². The summed E-state index contributed by atoms with van der Waals surface area (Å²) < 4.78 is 0. The molecule has 0 saturated heterocycles. The summed E-state index contributed by atoms with van der Waals surface area (Å²) in [4.78, 5) is 34.7. The van der Waals surface area contributed by atoms with Crippen molar-refractivity contribution in [3.8, 4) is 0 Å². The van der Waals surface area contributed by atoms with Crippen molar-refractivity contribution >= 4 is 23.4 Å². The quantitative estimate of drug-likeness (QED) is 0.760. The largest absolute Gasteiger partial charge is 0.355 e. The lowest BCUT2D eigenvalue weighted by atomic mass is 10.0. The van der Waals surface area contributed by atoms with Crippen molar-refractivity contribution in [3.63, 3.8) is 0 Å². The third-order valence-corrected chi connectivity index (χ3v) is 2.95. The molecule has 0 aliphatic heterocycles. The number of nitrogens with one attached hydrogen (secondary N) is 3. The first-order chi connectivity index (χ1) is 9.85. The van der Waals surface area contributed by atoms with Crippen molar-refractivity contribution in [2.24, 2.45) is 5.92 Å². The summed E-state index contributed by atoms with van der Waals surface area (Å²) in [5.41, 5.74) is 1.08. The van der Waals surface area contributed by atoms with E-state index in [1.807, 2.05) is 13.8 Å². The van der Waals surface area contributed by atoms with Crippen LogP contribution >= 0.6 is 0 Å². The van der Waals surface area contributed by atoms with Gasteiger partial charge in [0.2, 0.25) is 11.8 Å². The number of benzene rings is 1. The van der Waals surface area contributed by atoms with Crippen molar-refractivity contribution < 1.29 is 14.4 Å². The molecule has 0 fully saturated rings. The molecule has 0 aromatic heterocycles. The molecule has 21 heavy (non-hydrogen) atoms. The van der Waals surface area contributed by atoms with Crippen LogP contribution in [0.4, 0.5) is 5.69 Å². The molecule has 0 unspecified atom stereocenters. The maximum Gasteiger partial charge on any atom is 0.251 e. The normalized spacial score (nSPS) is 11.7. The Kier molecular flexibility index (Phi) is 5.90. The van der Waals surface area contributed by atoms with E-state index in [-0.39, 0.29) is 23.6 Å². The molecular formula is C15H21N3O3. The topological polar surface area (TPSA) is 87.3 Å². The van der Waals surface area contributed by atoms with Crippen molar-refractivity contribution in [1.82, 2.24) is 10.6 Å². The van der Waals surface area contributed by atoms with Crippen LogP contribution < -0.4 is 16.0 Å². The second kappa shape index (κ2) is 7.42.